The van der Waals surface area contributed by atoms with Gasteiger partial charge in [0.15, 0.2) is 10.9 Å². The van der Waals surface area contributed by atoms with Crippen LogP contribution in [0.3, 0.4) is 0 Å². The fourth-order valence-electron chi connectivity index (χ4n) is 4.35. The van der Waals surface area contributed by atoms with Gasteiger partial charge in [-0.15, -0.1) is 0 Å². The summed E-state index contributed by atoms with van der Waals surface area (Å²) in [4.78, 5) is 36.3. The van der Waals surface area contributed by atoms with Gasteiger partial charge in [-0.2, -0.15) is 13.2 Å². The smallest absolute Gasteiger partial charge is 0.495 e. The predicted octanol–water partition coefficient (Wildman–Crippen LogP) is 5.85. The number of benzene rings is 2. The largest absolute Gasteiger partial charge is 0.495 e. The Kier molecular flexibility index (Phi) is 9.07. The van der Waals surface area contributed by atoms with Crippen LogP contribution in [0, 0.1) is 12.8 Å². The Morgan fingerprint density at radius 2 is 1.85 bits per heavy atom. The molecular weight excluding hydrogens is 587 g/mol. The van der Waals surface area contributed by atoms with Crippen LogP contribution in [0.25, 0.3) is 10.4 Å². The third-order valence-corrected chi connectivity index (χ3v) is 8.76. The molecule has 0 spiro atoms. The van der Waals surface area contributed by atoms with E-state index in [9.17, 15) is 31.2 Å². The minimum Gasteiger partial charge on any atom is -0.495 e. The molecule has 3 aromatic rings. The lowest BCUT2D eigenvalue weighted by atomic mass is 10.0. The average molecular weight is 614 g/mol. The summed E-state index contributed by atoms with van der Waals surface area (Å²) in [6.45, 7) is 1.74. The van der Waals surface area contributed by atoms with Crippen molar-refractivity contribution < 1.29 is 45.7 Å². The van der Waals surface area contributed by atoms with Gasteiger partial charge in [0.05, 0.1) is 23.4 Å². The molecule has 220 valence electrons. The maximum Gasteiger partial charge on any atom is 0.495 e. The zero-order valence-corrected chi connectivity index (χ0v) is 23.5. The normalized spacial score (nSPS) is 14.0. The maximum absolute atomic E-state index is 13.3. The van der Waals surface area contributed by atoms with Gasteiger partial charge in [-0.25, -0.2) is 23.1 Å². The van der Waals surface area contributed by atoms with E-state index in [0.717, 1.165) is 31.7 Å². The van der Waals surface area contributed by atoms with E-state index in [2.05, 4.69) is 24.8 Å². The minimum absolute atomic E-state index is 0.0278. The Balaban J connectivity index is 1.53. The highest BCUT2D eigenvalue weighted by atomic mass is 32.2. The second-order valence-electron chi connectivity index (χ2n) is 9.29. The summed E-state index contributed by atoms with van der Waals surface area (Å²) in [7, 11) is -3.00. The van der Waals surface area contributed by atoms with E-state index in [1.54, 1.807) is 13.0 Å². The molecule has 0 saturated heterocycles. The number of methoxy groups -OCH3 is 1. The van der Waals surface area contributed by atoms with Crippen molar-refractivity contribution in [3.05, 3.63) is 48.2 Å². The standard InChI is InChI=1S/C26H26F3N3O7S2/c1-15-23(40-25(30-15)31-22(33)12-16-6-3-4-7-16)17-10-11-20(37-2)21(13-17)41(35,36)32-18-8-5-9-19(14-18)38-39-24(34)26(27,28)29/h5,8-11,13-14,16,32H,3-4,6-7,12H2,1-2H3,(H,30,31,33). The van der Waals surface area contributed by atoms with Crippen LogP contribution in [0.2, 0.25) is 0 Å². The fraction of sp³-hybridized carbons (Fsp3) is 0.346. The van der Waals surface area contributed by atoms with Crippen molar-refractivity contribution in [2.24, 2.45) is 5.92 Å². The molecule has 41 heavy (non-hydrogen) atoms. The van der Waals surface area contributed by atoms with Crippen LogP contribution in [0.15, 0.2) is 47.4 Å². The number of nitrogens with zero attached hydrogens (tertiary/aromatic N) is 1. The monoisotopic (exact) mass is 613 g/mol. The van der Waals surface area contributed by atoms with E-state index in [1.165, 1.54) is 48.8 Å². The molecule has 0 unspecified atom stereocenters. The van der Waals surface area contributed by atoms with Crippen molar-refractivity contribution in [1.82, 2.24) is 4.98 Å². The van der Waals surface area contributed by atoms with E-state index < -0.39 is 22.2 Å². The first-order valence-electron chi connectivity index (χ1n) is 12.4. The third-order valence-electron chi connectivity index (χ3n) is 6.24. The molecular formula is C26H26F3N3O7S2. The van der Waals surface area contributed by atoms with Crippen molar-refractivity contribution in [1.29, 1.82) is 0 Å². The lowest BCUT2D eigenvalue weighted by molar-refractivity contribution is -0.257. The topological polar surface area (TPSA) is 133 Å². The quantitative estimate of drug-likeness (QED) is 0.215. The van der Waals surface area contributed by atoms with Crippen molar-refractivity contribution in [3.63, 3.8) is 0 Å². The van der Waals surface area contributed by atoms with Crippen LogP contribution in [-0.2, 0) is 24.5 Å². The van der Waals surface area contributed by atoms with Gasteiger partial charge in [0.1, 0.15) is 10.6 Å². The molecule has 2 N–H and O–H groups in total. The first-order valence-corrected chi connectivity index (χ1v) is 14.7. The molecule has 1 aliphatic carbocycles. The molecule has 10 nitrogen and oxygen atoms in total. The first kappa shape index (κ1) is 30.1. The van der Waals surface area contributed by atoms with E-state index in [1.807, 2.05) is 0 Å². The predicted molar refractivity (Wildman–Crippen MR) is 144 cm³/mol. The van der Waals surface area contributed by atoms with Crippen LogP contribution in [0.5, 0.6) is 11.5 Å². The zero-order valence-electron chi connectivity index (χ0n) is 21.9. The molecule has 0 aliphatic heterocycles. The molecule has 1 saturated carbocycles. The number of hydrogen-bond donors (Lipinski definition) is 2. The van der Waals surface area contributed by atoms with Gasteiger partial charge in [-0.3, -0.25) is 14.4 Å². The van der Waals surface area contributed by atoms with Crippen molar-refractivity contribution >= 4 is 44.1 Å². The number of carbonyl (C=O) groups excluding carboxylic acids is 2. The van der Waals surface area contributed by atoms with Gasteiger partial charge in [0, 0.05) is 12.5 Å². The molecule has 0 atom stereocenters. The highest BCUT2D eigenvalue weighted by Crippen LogP contribution is 2.37. The van der Waals surface area contributed by atoms with Gasteiger partial charge in [0.25, 0.3) is 10.0 Å². The molecule has 1 aromatic heterocycles. The summed E-state index contributed by atoms with van der Waals surface area (Å²) in [5, 5.41) is 3.24. The van der Waals surface area contributed by atoms with Crippen LogP contribution in [0.4, 0.5) is 24.0 Å². The zero-order chi connectivity index (χ0) is 29.8. The molecule has 0 radical (unpaired) electrons. The lowest BCUT2D eigenvalue weighted by Gasteiger charge is -2.13. The Labute approximate surface area is 237 Å². The van der Waals surface area contributed by atoms with E-state index in [4.69, 9.17) is 4.74 Å². The number of carbonyl (C=O) groups is 2. The second-order valence-corrected chi connectivity index (χ2v) is 11.9. The van der Waals surface area contributed by atoms with Crippen molar-refractivity contribution in [2.75, 3.05) is 17.1 Å². The number of sulfonamides is 1. The summed E-state index contributed by atoms with van der Waals surface area (Å²) in [6.07, 6.45) is -0.495. The minimum atomic E-state index is -5.26. The van der Waals surface area contributed by atoms with Gasteiger partial charge in [-0.05, 0) is 61.6 Å². The molecule has 2 aromatic carbocycles. The summed E-state index contributed by atoms with van der Waals surface area (Å²) in [6, 6.07) is 9.32. The highest BCUT2D eigenvalue weighted by Gasteiger charge is 2.42. The third kappa shape index (κ3) is 7.67. The Hall–Kier alpha value is -3.85. The molecule has 4 rings (SSSR count). The number of rotatable bonds is 10. The van der Waals surface area contributed by atoms with Crippen LogP contribution in [-0.4, -0.2) is 38.6 Å². The second kappa shape index (κ2) is 12.3. The Bertz CT molecular complexity index is 1540. The molecule has 1 aliphatic rings. The van der Waals surface area contributed by atoms with Crippen LogP contribution < -0.4 is 19.7 Å². The highest BCUT2D eigenvalue weighted by molar-refractivity contribution is 7.92. The van der Waals surface area contributed by atoms with Crippen molar-refractivity contribution in [2.45, 2.75) is 50.1 Å². The van der Waals surface area contributed by atoms with E-state index in [0.29, 0.717) is 33.6 Å². The van der Waals surface area contributed by atoms with Gasteiger partial charge >= 0.3 is 12.1 Å². The molecule has 1 heterocycles. The molecule has 15 heteroatoms. The van der Waals surface area contributed by atoms with Gasteiger partial charge in [-0.1, -0.05) is 30.2 Å². The van der Waals surface area contributed by atoms with Crippen LogP contribution >= 0.6 is 11.3 Å². The fourth-order valence-corrected chi connectivity index (χ4v) is 6.57. The molecule has 1 amide bonds. The number of aromatic nitrogens is 1. The number of nitrogens with one attached hydrogen (secondary N) is 2. The van der Waals surface area contributed by atoms with E-state index >= 15 is 0 Å². The Morgan fingerprint density at radius 1 is 1.12 bits per heavy atom. The molecule has 0 bridgehead atoms. The van der Waals surface area contributed by atoms with Crippen LogP contribution in [0.1, 0.15) is 37.8 Å². The number of ether oxygens (including phenoxy) is 1. The maximum atomic E-state index is 13.3. The average Bonchev–Trinajstić information content (AvgIpc) is 3.55. The summed E-state index contributed by atoms with van der Waals surface area (Å²) in [5.74, 6) is -2.63. The number of alkyl halides is 3. The molecule has 1 fully saturated rings. The summed E-state index contributed by atoms with van der Waals surface area (Å²) >= 11 is 1.21. The van der Waals surface area contributed by atoms with Gasteiger partial charge < -0.3 is 10.1 Å². The SMILES string of the molecule is COc1ccc(-c2sc(NC(=O)CC3CCCC3)nc2C)cc1S(=O)(=O)Nc1cccc(OOC(=O)C(F)(F)F)c1. The number of halogens is 3. The number of hydrogen-bond acceptors (Lipinski definition) is 9. The summed E-state index contributed by atoms with van der Waals surface area (Å²) < 4.78 is 71.3. The number of amides is 1. The van der Waals surface area contributed by atoms with E-state index in [-0.39, 0.29) is 28.0 Å². The van der Waals surface area contributed by atoms with Gasteiger partial charge in [0.2, 0.25) is 5.91 Å². The van der Waals surface area contributed by atoms with Crippen molar-refractivity contribution in [3.8, 4) is 21.9 Å². The number of anilines is 2. The number of thiazole rings is 1. The number of aryl methyl sites for hydroxylation is 1. The lowest BCUT2D eigenvalue weighted by Crippen LogP contribution is -2.26. The first-order chi connectivity index (χ1) is 19.4. The summed E-state index contributed by atoms with van der Waals surface area (Å²) in [5.41, 5.74) is 1.01. The Morgan fingerprint density at radius 3 is 2.54 bits per heavy atom.